The van der Waals surface area contributed by atoms with Crippen LogP contribution in [0.15, 0.2) is 55.0 Å². The number of benzene rings is 1. The van der Waals surface area contributed by atoms with Gasteiger partial charge in [-0.25, -0.2) is 19.2 Å². The summed E-state index contributed by atoms with van der Waals surface area (Å²) in [5, 5.41) is 9.62. The summed E-state index contributed by atoms with van der Waals surface area (Å²) in [6.07, 6.45) is 5.62. The van der Waals surface area contributed by atoms with Gasteiger partial charge < -0.3 is 8.92 Å². The van der Waals surface area contributed by atoms with Crippen molar-refractivity contribution in [2.45, 2.75) is 37.9 Å². The van der Waals surface area contributed by atoms with E-state index in [0.29, 0.717) is 44.8 Å². The van der Waals surface area contributed by atoms with Crippen molar-refractivity contribution < 1.29 is 30.5 Å². The molecule has 1 aliphatic rings. The minimum Gasteiger partial charge on any atom is -0.376 e. The number of nitrogens with zero attached hydrogens (tertiary/aromatic N) is 6. The lowest BCUT2D eigenvalue weighted by Gasteiger charge is -2.21. The maximum atomic E-state index is 12.9. The highest BCUT2D eigenvalue weighted by Gasteiger charge is 2.48. The normalized spacial score (nSPS) is 16.4. The third-order valence-electron chi connectivity index (χ3n) is 6.32. The fourth-order valence-corrected chi connectivity index (χ4v) is 6.04. The van der Waals surface area contributed by atoms with Crippen LogP contribution in [0.2, 0.25) is 0 Å². The number of aryl methyl sites for hydroxylation is 1. The van der Waals surface area contributed by atoms with Gasteiger partial charge in [-0.05, 0) is 26.2 Å². The maximum Gasteiger partial charge on any atom is 0.534 e. The minimum absolute atomic E-state index is 0.198. The highest BCUT2D eigenvalue weighted by molar-refractivity contribution is 7.88. The molecule has 0 saturated carbocycles. The Bertz CT molecular complexity index is 1790. The van der Waals surface area contributed by atoms with E-state index >= 15 is 0 Å². The Morgan fingerprint density at radius 1 is 1.12 bits per heavy atom. The molecule has 1 aliphatic heterocycles. The van der Waals surface area contributed by atoms with Crippen LogP contribution in [0.1, 0.15) is 31.2 Å². The highest BCUT2D eigenvalue weighted by atomic mass is 32.2. The van der Waals surface area contributed by atoms with E-state index in [2.05, 4.69) is 19.4 Å². The number of halogens is 3. The largest absolute Gasteiger partial charge is 0.534 e. The molecule has 1 unspecified atom stereocenters. The van der Waals surface area contributed by atoms with Crippen molar-refractivity contribution in [3.8, 4) is 38.3 Å². The van der Waals surface area contributed by atoms with E-state index in [9.17, 15) is 21.6 Å². The Morgan fingerprint density at radius 2 is 1.93 bits per heavy atom. The molecule has 40 heavy (non-hydrogen) atoms. The van der Waals surface area contributed by atoms with Gasteiger partial charge in [0, 0.05) is 30.5 Å². The van der Waals surface area contributed by atoms with Gasteiger partial charge in [-0.3, -0.25) is 0 Å². The molecule has 1 atom stereocenters. The molecule has 5 aromatic rings. The molecule has 0 amide bonds. The van der Waals surface area contributed by atoms with Crippen LogP contribution >= 0.6 is 11.3 Å². The van der Waals surface area contributed by atoms with Gasteiger partial charge in [-0.1, -0.05) is 30.3 Å². The van der Waals surface area contributed by atoms with E-state index < -0.39 is 21.4 Å². The zero-order valence-electron chi connectivity index (χ0n) is 20.9. The molecule has 4 aromatic heterocycles. The summed E-state index contributed by atoms with van der Waals surface area (Å²) in [5.74, 6) is -0.0508. The smallest absolute Gasteiger partial charge is 0.376 e. The molecule has 0 aliphatic carbocycles. The predicted molar refractivity (Wildman–Crippen MR) is 140 cm³/mol. The number of ether oxygens (including phenoxy) is 1. The summed E-state index contributed by atoms with van der Waals surface area (Å²) in [6, 6.07) is 11.7. The van der Waals surface area contributed by atoms with Gasteiger partial charge in [0.15, 0.2) is 12.1 Å². The number of aromatic nitrogens is 6. The molecule has 5 heterocycles. The summed E-state index contributed by atoms with van der Waals surface area (Å²) in [6.45, 7) is 2.38. The number of pyridine rings is 1. The minimum atomic E-state index is -5.84. The summed E-state index contributed by atoms with van der Waals surface area (Å²) in [7, 11) is -5.84. The lowest BCUT2D eigenvalue weighted by Crippen LogP contribution is -2.28. The Labute approximate surface area is 230 Å². The lowest BCUT2D eigenvalue weighted by atomic mass is 10.1. The zero-order valence-corrected chi connectivity index (χ0v) is 22.5. The fourth-order valence-electron chi connectivity index (χ4n) is 4.45. The van der Waals surface area contributed by atoms with Gasteiger partial charge in [0.05, 0.1) is 22.5 Å². The van der Waals surface area contributed by atoms with Gasteiger partial charge in [0.25, 0.3) is 0 Å². The average molecular weight is 591 g/mol. The number of alkyl halides is 3. The third-order valence-corrected chi connectivity index (χ3v) is 8.37. The van der Waals surface area contributed by atoms with Crippen molar-refractivity contribution in [1.82, 2.24) is 29.4 Å². The topological polar surface area (TPSA) is 114 Å². The quantitative estimate of drug-likeness (QED) is 0.185. The van der Waals surface area contributed by atoms with Crippen molar-refractivity contribution >= 4 is 27.0 Å². The van der Waals surface area contributed by atoms with Crippen LogP contribution in [0.25, 0.3) is 38.0 Å². The second-order valence-electron chi connectivity index (χ2n) is 9.07. The Morgan fingerprint density at radius 3 is 2.65 bits per heavy atom. The molecular weight excluding hydrogens is 569 g/mol. The van der Waals surface area contributed by atoms with Crippen molar-refractivity contribution in [3.63, 3.8) is 0 Å². The van der Waals surface area contributed by atoms with Gasteiger partial charge in [0.1, 0.15) is 22.0 Å². The zero-order chi connectivity index (χ0) is 28.1. The van der Waals surface area contributed by atoms with E-state index in [-0.39, 0.29) is 6.23 Å². The standard InChI is InChI=1S/C25H21F3N6O4S2/c1-15-20(18-13-17(10-11-33(18)31-15)38-40(35,36)25(26,27)28)24-30-21(16-7-3-2-4-8-16)22(39-24)23-29-14-34(32-23)19-9-5-6-12-37-19/h2-4,7-8,10-11,13-14,19H,5-6,9,12H2,1H3. The maximum absolute atomic E-state index is 12.9. The lowest BCUT2D eigenvalue weighted by molar-refractivity contribution is -0.0500. The Balaban J connectivity index is 1.46. The molecule has 0 N–H and O–H groups in total. The second kappa shape index (κ2) is 9.98. The Kier molecular flexibility index (Phi) is 6.59. The summed E-state index contributed by atoms with van der Waals surface area (Å²) < 4.78 is 75.2. The Hall–Kier alpha value is -3.82. The summed E-state index contributed by atoms with van der Waals surface area (Å²) in [4.78, 5) is 10.1. The van der Waals surface area contributed by atoms with Crippen LogP contribution in [0.3, 0.4) is 0 Å². The van der Waals surface area contributed by atoms with Crippen molar-refractivity contribution in [1.29, 1.82) is 0 Å². The molecule has 6 rings (SSSR count). The molecule has 1 fully saturated rings. The first-order chi connectivity index (χ1) is 19.1. The predicted octanol–water partition coefficient (Wildman–Crippen LogP) is 5.62. The number of hydrogen-bond acceptors (Lipinski definition) is 9. The number of hydrogen-bond donors (Lipinski definition) is 0. The van der Waals surface area contributed by atoms with Gasteiger partial charge in [-0.2, -0.15) is 26.7 Å². The molecule has 10 nitrogen and oxygen atoms in total. The SMILES string of the molecule is Cc1nn2ccc(OS(=O)(=O)C(F)(F)F)cc2c1-c1nc(-c2ccccc2)c(-c2ncn(C3CCCCO3)n2)s1. The van der Waals surface area contributed by atoms with Crippen LogP contribution in [-0.2, 0) is 14.9 Å². The molecule has 0 bridgehead atoms. The van der Waals surface area contributed by atoms with E-state index in [0.717, 1.165) is 30.9 Å². The second-order valence-corrected chi connectivity index (χ2v) is 11.6. The molecule has 1 saturated heterocycles. The molecule has 1 aromatic carbocycles. The highest BCUT2D eigenvalue weighted by Crippen LogP contribution is 2.42. The summed E-state index contributed by atoms with van der Waals surface area (Å²) >= 11 is 1.29. The first kappa shape index (κ1) is 26.4. The first-order valence-corrected chi connectivity index (χ1v) is 14.4. The molecule has 0 radical (unpaired) electrons. The van der Waals surface area contributed by atoms with Gasteiger partial charge >= 0.3 is 15.6 Å². The average Bonchev–Trinajstić information content (AvgIpc) is 3.65. The number of fused-ring (bicyclic) bond motifs is 1. The van der Waals surface area contributed by atoms with Crippen LogP contribution in [0.5, 0.6) is 5.75 Å². The van der Waals surface area contributed by atoms with Crippen LogP contribution in [-0.4, -0.2) is 49.9 Å². The summed E-state index contributed by atoms with van der Waals surface area (Å²) in [5.41, 5.74) is -2.76. The molecule has 15 heteroatoms. The first-order valence-electron chi connectivity index (χ1n) is 12.2. The van der Waals surface area contributed by atoms with Crippen molar-refractivity contribution in [3.05, 3.63) is 60.7 Å². The van der Waals surface area contributed by atoms with Gasteiger partial charge in [0.2, 0.25) is 0 Å². The third kappa shape index (κ3) is 4.84. The number of thiazole rings is 1. The van der Waals surface area contributed by atoms with E-state index in [1.807, 2.05) is 30.3 Å². The van der Waals surface area contributed by atoms with Gasteiger partial charge in [-0.15, -0.1) is 16.4 Å². The fraction of sp³-hybridized carbons (Fsp3) is 0.280. The monoisotopic (exact) mass is 590 g/mol. The van der Waals surface area contributed by atoms with Crippen molar-refractivity contribution in [2.75, 3.05) is 6.61 Å². The van der Waals surface area contributed by atoms with E-state index in [1.165, 1.54) is 28.1 Å². The van der Waals surface area contributed by atoms with E-state index in [4.69, 9.17) is 9.72 Å². The van der Waals surface area contributed by atoms with E-state index in [1.54, 1.807) is 17.9 Å². The van der Waals surface area contributed by atoms with Crippen LogP contribution in [0.4, 0.5) is 13.2 Å². The number of rotatable bonds is 6. The van der Waals surface area contributed by atoms with Crippen LogP contribution < -0.4 is 4.18 Å². The molecule has 208 valence electrons. The van der Waals surface area contributed by atoms with Crippen LogP contribution in [0, 0.1) is 6.92 Å². The van der Waals surface area contributed by atoms with Crippen molar-refractivity contribution in [2.24, 2.45) is 0 Å². The molecule has 0 spiro atoms. The molecular formula is C25H21F3N6O4S2.